The Hall–Kier alpha value is -2.29. The Labute approximate surface area is 149 Å². The zero-order chi connectivity index (χ0) is 17.6. The Morgan fingerprint density at radius 1 is 1.08 bits per heavy atom. The summed E-state index contributed by atoms with van der Waals surface area (Å²) < 4.78 is 5.61. The van der Waals surface area contributed by atoms with Crippen LogP contribution in [0.2, 0.25) is 0 Å². The van der Waals surface area contributed by atoms with E-state index < -0.39 is 5.60 Å². The van der Waals surface area contributed by atoms with Gasteiger partial charge >= 0.3 is 6.09 Å². The molecule has 0 radical (unpaired) electrons. The summed E-state index contributed by atoms with van der Waals surface area (Å²) in [7, 11) is 0. The Kier molecular flexibility index (Phi) is 3.82. The molecular weight excluding hydrogens is 310 g/mol. The molecule has 2 bridgehead atoms. The highest BCUT2D eigenvalue weighted by Gasteiger charge is 2.41. The monoisotopic (exact) mass is 335 g/mol. The number of nitrogens with zero attached hydrogens (tertiary/aromatic N) is 1. The van der Waals surface area contributed by atoms with Crippen LogP contribution in [0, 0.1) is 0 Å². The van der Waals surface area contributed by atoms with Gasteiger partial charge in [-0.05, 0) is 68.0 Å². The zero-order valence-electron chi connectivity index (χ0n) is 15.2. The van der Waals surface area contributed by atoms with Gasteiger partial charge in [-0.15, -0.1) is 0 Å². The molecule has 2 aliphatic heterocycles. The molecule has 2 aliphatic rings. The van der Waals surface area contributed by atoms with Crippen LogP contribution in [-0.2, 0) is 4.74 Å². The van der Waals surface area contributed by atoms with E-state index in [1.54, 1.807) is 0 Å². The summed E-state index contributed by atoms with van der Waals surface area (Å²) >= 11 is 0. The van der Waals surface area contributed by atoms with E-state index in [-0.39, 0.29) is 18.2 Å². The molecule has 3 nitrogen and oxygen atoms in total. The summed E-state index contributed by atoms with van der Waals surface area (Å²) in [4.78, 5) is 14.5. The molecule has 130 valence electrons. The first-order chi connectivity index (χ1) is 11.9. The van der Waals surface area contributed by atoms with Crippen molar-refractivity contribution in [3.63, 3.8) is 0 Å². The Bertz CT molecular complexity index is 846. The number of ether oxygens (including phenoxy) is 1. The zero-order valence-corrected chi connectivity index (χ0v) is 15.2. The lowest BCUT2D eigenvalue weighted by Gasteiger charge is -2.35. The van der Waals surface area contributed by atoms with E-state index in [9.17, 15) is 4.79 Å². The summed E-state index contributed by atoms with van der Waals surface area (Å²) in [6.45, 7) is 5.77. The number of fused-ring (bicyclic) bond motifs is 3. The summed E-state index contributed by atoms with van der Waals surface area (Å²) in [6, 6.07) is 15.5. The van der Waals surface area contributed by atoms with E-state index in [2.05, 4.69) is 48.5 Å². The van der Waals surface area contributed by atoms with Crippen molar-refractivity contribution in [3.05, 3.63) is 54.1 Å². The van der Waals surface area contributed by atoms with Gasteiger partial charge in [-0.3, -0.25) is 4.90 Å². The number of carbonyl (C=O) groups excluding carboxylic acids is 1. The van der Waals surface area contributed by atoms with Crippen LogP contribution in [-0.4, -0.2) is 28.7 Å². The Morgan fingerprint density at radius 3 is 2.56 bits per heavy atom. The van der Waals surface area contributed by atoms with Gasteiger partial charge in [-0.1, -0.05) is 42.5 Å². The number of hydrogen-bond donors (Lipinski definition) is 0. The minimum absolute atomic E-state index is 0.162. The largest absolute Gasteiger partial charge is 0.444 e. The fourth-order valence-corrected chi connectivity index (χ4v) is 4.03. The first kappa shape index (κ1) is 16.2. The van der Waals surface area contributed by atoms with Gasteiger partial charge in [0.1, 0.15) is 5.60 Å². The van der Waals surface area contributed by atoms with Crippen molar-refractivity contribution in [2.45, 2.75) is 57.7 Å². The minimum Gasteiger partial charge on any atom is -0.444 e. The topological polar surface area (TPSA) is 29.5 Å². The van der Waals surface area contributed by atoms with Crippen molar-refractivity contribution in [1.82, 2.24) is 4.90 Å². The van der Waals surface area contributed by atoms with Crippen molar-refractivity contribution in [3.8, 4) is 0 Å². The van der Waals surface area contributed by atoms with Crippen LogP contribution in [0.1, 0.15) is 45.6 Å². The maximum Gasteiger partial charge on any atom is 0.411 e. The number of rotatable bonds is 1. The van der Waals surface area contributed by atoms with E-state index in [0.29, 0.717) is 0 Å². The van der Waals surface area contributed by atoms with Gasteiger partial charge in [0.2, 0.25) is 0 Å². The minimum atomic E-state index is -0.446. The van der Waals surface area contributed by atoms with Crippen molar-refractivity contribution in [2.75, 3.05) is 0 Å². The highest BCUT2D eigenvalue weighted by atomic mass is 16.6. The van der Waals surface area contributed by atoms with Gasteiger partial charge in [-0.2, -0.15) is 0 Å². The van der Waals surface area contributed by atoms with Crippen LogP contribution in [0.5, 0.6) is 0 Å². The molecule has 0 aromatic heterocycles. The standard InChI is InChI=1S/C22H25NO2/c1-22(2,3)25-21(24)23-19-10-11-20(23)14-18(13-19)17-9-8-15-6-4-5-7-16(15)12-17/h4-9,12-13,19-20H,10-11,14H2,1-3H3. The lowest BCUT2D eigenvalue weighted by Crippen LogP contribution is -2.45. The highest BCUT2D eigenvalue weighted by molar-refractivity contribution is 5.87. The highest BCUT2D eigenvalue weighted by Crippen LogP contribution is 2.39. The smallest absolute Gasteiger partial charge is 0.411 e. The third kappa shape index (κ3) is 3.15. The van der Waals surface area contributed by atoms with Gasteiger partial charge in [0.05, 0.1) is 6.04 Å². The fourth-order valence-electron chi connectivity index (χ4n) is 4.03. The second-order valence-corrected chi connectivity index (χ2v) is 8.14. The van der Waals surface area contributed by atoms with E-state index >= 15 is 0 Å². The van der Waals surface area contributed by atoms with Crippen molar-refractivity contribution in [2.24, 2.45) is 0 Å². The molecule has 2 aromatic carbocycles. The number of carbonyl (C=O) groups is 1. The Morgan fingerprint density at radius 2 is 1.84 bits per heavy atom. The summed E-state index contributed by atoms with van der Waals surface area (Å²) in [6.07, 6.45) is 5.10. The van der Waals surface area contributed by atoms with Gasteiger partial charge in [0.25, 0.3) is 0 Å². The van der Waals surface area contributed by atoms with Gasteiger partial charge in [0, 0.05) is 6.04 Å². The van der Waals surface area contributed by atoms with Gasteiger partial charge < -0.3 is 4.74 Å². The van der Waals surface area contributed by atoms with Crippen LogP contribution in [0.25, 0.3) is 16.3 Å². The molecule has 4 rings (SSSR count). The molecule has 1 saturated heterocycles. The molecule has 0 N–H and O–H groups in total. The first-order valence-electron chi connectivity index (χ1n) is 9.12. The Balaban J connectivity index is 1.61. The predicted molar refractivity (Wildman–Crippen MR) is 101 cm³/mol. The maximum absolute atomic E-state index is 12.6. The molecule has 1 fully saturated rings. The second kappa shape index (κ2) is 5.91. The lowest BCUT2D eigenvalue weighted by molar-refractivity contribution is 0.0175. The number of amides is 1. The average molecular weight is 335 g/mol. The molecule has 0 saturated carbocycles. The molecular formula is C22H25NO2. The average Bonchev–Trinajstić information content (AvgIpc) is 2.83. The van der Waals surface area contributed by atoms with Crippen LogP contribution < -0.4 is 0 Å². The first-order valence-corrected chi connectivity index (χ1v) is 9.12. The van der Waals surface area contributed by atoms with Crippen LogP contribution in [0.4, 0.5) is 4.79 Å². The van der Waals surface area contributed by atoms with Crippen LogP contribution in [0.3, 0.4) is 0 Å². The molecule has 2 unspecified atom stereocenters. The third-order valence-corrected chi connectivity index (χ3v) is 5.12. The second-order valence-electron chi connectivity index (χ2n) is 8.14. The van der Waals surface area contributed by atoms with E-state index in [0.717, 1.165) is 19.3 Å². The molecule has 0 aliphatic carbocycles. The SMILES string of the molecule is CC(C)(C)OC(=O)N1C2C=C(c3ccc4ccccc4c3)CC1CC2. The molecule has 2 atom stereocenters. The number of hydrogen-bond acceptors (Lipinski definition) is 2. The fraction of sp³-hybridized carbons (Fsp3) is 0.409. The van der Waals surface area contributed by atoms with Crippen LogP contribution >= 0.6 is 0 Å². The molecule has 2 aromatic rings. The maximum atomic E-state index is 12.6. The normalized spacial score (nSPS) is 22.8. The molecule has 25 heavy (non-hydrogen) atoms. The molecule has 2 heterocycles. The summed E-state index contributed by atoms with van der Waals surface area (Å²) in [5, 5.41) is 2.53. The number of benzene rings is 2. The van der Waals surface area contributed by atoms with Crippen molar-refractivity contribution >= 4 is 22.4 Å². The quantitative estimate of drug-likeness (QED) is 0.699. The van der Waals surface area contributed by atoms with Crippen molar-refractivity contribution in [1.29, 1.82) is 0 Å². The molecule has 0 spiro atoms. The molecule has 1 amide bonds. The van der Waals surface area contributed by atoms with E-state index in [4.69, 9.17) is 4.74 Å². The van der Waals surface area contributed by atoms with Gasteiger partial charge in [-0.25, -0.2) is 4.79 Å². The van der Waals surface area contributed by atoms with Crippen molar-refractivity contribution < 1.29 is 9.53 Å². The summed E-state index contributed by atoms with van der Waals surface area (Å²) in [5.74, 6) is 0. The van der Waals surface area contributed by atoms with Crippen LogP contribution in [0.15, 0.2) is 48.5 Å². The molecule has 3 heteroatoms. The van der Waals surface area contributed by atoms with E-state index in [1.807, 2.05) is 25.7 Å². The van der Waals surface area contributed by atoms with Gasteiger partial charge in [0.15, 0.2) is 0 Å². The lowest BCUT2D eigenvalue weighted by atomic mass is 9.93. The predicted octanol–water partition coefficient (Wildman–Crippen LogP) is 5.40. The third-order valence-electron chi connectivity index (χ3n) is 5.12. The summed E-state index contributed by atoms with van der Waals surface area (Å²) in [5.41, 5.74) is 2.19. The van der Waals surface area contributed by atoms with E-state index in [1.165, 1.54) is 21.9 Å².